The second-order valence-electron chi connectivity index (χ2n) is 6.32. The van der Waals surface area contributed by atoms with E-state index in [1.165, 1.54) is 4.31 Å². The number of hydrogen-bond donors (Lipinski definition) is 1. The Morgan fingerprint density at radius 1 is 1.15 bits per heavy atom. The summed E-state index contributed by atoms with van der Waals surface area (Å²) < 4.78 is 25.7. The minimum atomic E-state index is -3.21. The second-order valence-corrected chi connectivity index (χ2v) is 9.01. The first-order valence-electron chi connectivity index (χ1n) is 8.51. The molecule has 2 aromatic rings. The molecule has 0 unspecified atom stereocenters. The van der Waals surface area contributed by atoms with Crippen molar-refractivity contribution >= 4 is 33.2 Å². The van der Waals surface area contributed by atoms with Crippen LogP contribution >= 0.6 is 11.6 Å². The average Bonchev–Trinajstić information content (AvgIpc) is 2.63. The van der Waals surface area contributed by atoms with E-state index in [1.54, 1.807) is 19.1 Å². The van der Waals surface area contributed by atoms with Gasteiger partial charge >= 0.3 is 0 Å². The first-order chi connectivity index (χ1) is 12.4. The van der Waals surface area contributed by atoms with Crippen molar-refractivity contribution in [1.82, 2.24) is 4.31 Å². The molecule has 2 aromatic carbocycles. The van der Waals surface area contributed by atoms with E-state index in [2.05, 4.69) is 5.32 Å². The van der Waals surface area contributed by atoms with Crippen LogP contribution in [0.2, 0.25) is 5.02 Å². The Kier molecular flexibility index (Phi) is 5.65. The molecule has 0 saturated carbocycles. The quantitative estimate of drug-likeness (QED) is 0.849. The van der Waals surface area contributed by atoms with E-state index in [-0.39, 0.29) is 18.1 Å². The van der Waals surface area contributed by atoms with Crippen molar-refractivity contribution in [3.8, 4) is 0 Å². The van der Waals surface area contributed by atoms with Crippen LogP contribution in [0.1, 0.15) is 23.6 Å². The predicted octanol–water partition coefficient (Wildman–Crippen LogP) is 3.23. The van der Waals surface area contributed by atoms with Crippen molar-refractivity contribution in [3.05, 3.63) is 64.2 Å². The fraction of sp³-hybridized carbons (Fsp3) is 0.316. The molecule has 0 aliphatic carbocycles. The highest BCUT2D eigenvalue weighted by Gasteiger charge is 2.25. The maximum absolute atomic E-state index is 12.3. The molecular formula is C19H21ClN2O3S. The van der Waals surface area contributed by atoms with Crippen molar-refractivity contribution in [2.24, 2.45) is 0 Å². The number of anilines is 1. The molecule has 5 nitrogen and oxygen atoms in total. The molecule has 0 aromatic heterocycles. The van der Waals surface area contributed by atoms with Gasteiger partial charge < -0.3 is 5.32 Å². The van der Waals surface area contributed by atoms with Crippen LogP contribution < -0.4 is 5.32 Å². The van der Waals surface area contributed by atoms with Crippen LogP contribution in [0.5, 0.6) is 0 Å². The Bertz CT molecular complexity index is 911. The normalized spacial score (nSPS) is 14.7. The minimum absolute atomic E-state index is 0.0971. The molecule has 0 bridgehead atoms. The number of halogens is 1. The van der Waals surface area contributed by atoms with E-state index in [9.17, 15) is 13.2 Å². The highest BCUT2D eigenvalue weighted by Crippen LogP contribution is 2.24. The third kappa shape index (κ3) is 4.44. The van der Waals surface area contributed by atoms with Gasteiger partial charge in [-0.05, 0) is 54.3 Å². The van der Waals surface area contributed by atoms with E-state index < -0.39 is 10.0 Å². The molecule has 0 atom stereocenters. The number of nitrogens with zero attached hydrogens (tertiary/aromatic N) is 1. The van der Waals surface area contributed by atoms with Crippen molar-refractivity contribution < 1.29 is 13.2 Å². The molecule has 0 fully saturated rings. The average molecular weight is 393 g/mol. The maximum atomic E-state index is 12.3. The van der Waals surface area contributed by atoms with Gasteiger partial charge in [-0.1, -0.05) is 29.8 Å². The molecule has 1 aliphatic rings. The minimum Gasteiger partial charge on any atom is -0.326 e. The molecule has 0 saturated heterocycles. The SMILES string of the molecule is CCS(=O)(=O)N1CCc2ccc(NC(=O)Cc3ccc(Cl)cc3)cc2C1. The summed E-state index contributed by atoms with van der Waals surface area (Å²) in [5, 5.41) is 3.52. The molecule has 1 heterocycles. The lowest BCUT2D eigenvalue weighted by molar-refractivity contribution is -0.115. The molecule has 1 amide bonds. The fourth-order valence-corrected chi connectivity index (χ4v) is 4.22. The van der Waals surface area contributed by atoms with E-state index in [1.807, 2.05) is 30.3 Å². The van der Waals surface area contributed by atoms with Crippen molar-refractivity contribution in [3.63, 3.8) is 0 Å². The summed E-state index contributed by atoms with van der Waals surface area (Å²) in [5.74, 6) is -0.0269. The lowest BCUT2D eigenvalue weighted by Crippen LogP contribution is -2.36. The van der Waals surface area contributed by atoms with Crippen LogP contribution in [0.25, 0.3) is 0 Å². The predicted molar refractivity (Wildman–Crippen MR) is 104 cm³/mol. The number of rotatable bonds is 5. The number of fused-ring (bicyclic) bond motifs is 1. The maximum Gasteiger partial charge on any atom is 0.228 e. The monoisotopic (exact) mass is 392 g/mol. The summed E-state index contributed by atoms with van der Waals surface area (Å²) >= 11 is 5.85. The second kappa shape index (κ2) is 7.78. The Morgan fingerprint density at radius 3 is 2.58 bits per heavy atom. The number of carbonyl (C=O) groups is 1. The Balaban J connectivity index is 1.69. The van der Waals surface area contributed by atoms with Crippen LogP contribution in [-0.2, 0) is 34.2 Å². The number of hydrogen-bond acceptors (Lipinski definition) is 3. The highest BCUT2D eigenvalue weighted by atomic mass is 35.5. The summed E-state index contributed by atoms with van der Waals surface area (Å²) in [5.41, 5.74) is 3.63. The summed E-state index contributed by atoms with van der Waals surface area (Å²) in [6, 6.07) is 12.8. The summed E-state index contributed by atoms with van der Waals surface area (Å²) in [4.78, 5) is 12.3. The largest absolute Gasteiger partial charge is 0.326 e. The van der Waals surface area contributed by atoms with Gasteiger partial charge in [0.1, 0.15) is 0 Å². The summed E-state index contributed by atoms with van der Waals surface area (Å²) in [6.45, 7) is 2.51. The Morgan fingerprint density at radius 2 is 1.88 bits per heavy atom. The van der Waals surface area contributed by atoms with E-state index >= 15 is 0 Å². The molecule has 138 valence electrons. The van der Waals surface area contributed by atoms with Gasteiger partial charge in [0.2, 0.25) is 15.9 Å². The molecule has 1 N–H and O–H groups in total. The number of nitrogens with one attached hydrogen (secondary N) is 1. The molecule has 3 rings (SSSR count). The smallest absolute Gasteiger partial charge is 0.228 e. The van der Waals surface area contributed by atoms with Gasteiger partial charge in [0.05, 0.1) is 12.2 Å². The van der Waals surface area contributed by atoms with Crippen LogP contribution in [0.3, 0.4) is 0 Å². The topological polar surface area (TPSA) is 66.5 Å². The van der Waals surface area contributed by atoms with Crippen LogP contribution in [0.15, 0.2) is 42.5 Å². The van der Waals surface area contributed by atoms with E-state index in [4.69, 9.17) is 11.6 Å². The van der Waals surface area contributed by atoms with Gasteiger partial charge in [0.15, 0.2) is 0 Å². The number of amides is 1. The molecular weight excluding hydrogens is 372 g/mol. The third-order valence-electron chi connectivity index (χ3n) is 4.50. The van der Waals surface area contributed by atoms with E-state index in [0.29, 0.717) is 30.2 Å². The number of benzene rings is 2. The molecule has 26 heavy (non-hydrogen) atoms. The van der Waals surface area contributed by atoms with Crippen LogP contribution in [-0.4, -0.2) is 30.9 Å². The summed E-state index contributed by atoms with van der Waals surface area (Å²) in [7, 11) is -3.21. The fourth-order valence-electron chi connectivity index (χ4n) is 3.02. The first-order valence-corrected chi connectivity index (χ1v) is 10.5. The molecule has 1 aliphatic heterocycles. The molecule has 7 heteroatoms. The lowest BCUT2D eigenvalue weighted by atomic mass is 10.0. The number of carbonyl (C=O) groups excluding carboxylic acids is 1. The summed E-state index contributed by atoms with van der Waals surface area (Å²) in [6.07, 6.45) is 0.943. The first kappa shape index (κ1) is 18.9. The Hall–Kier alpha value is -1.89. The van der Waals surface area contributed by atoms with Crippen LogP contribution in [0.4, 0.5) is 5.69 Å². The number of sulfonamides is 1. The van der Waals surface area contributed by atoms with Gasteiger partial charge in [-0.25, -0.2) is 8.42 Å². The lowest BCUT2D eigenvalue weighted by Gasteiger charge is -2.28. The standard InChI is InChI=1S/C19H21ClN2O3S/c1-2-26(24,25)22-10-9-15-5-8-18(12-16(15)13-22)21-19(23)11-14-3-6-17(20)7-4-14/h3-8,12H,2,9-11,13H2,1H3,(H,21,23). The van der Waals surface area contributed by atoms with Gasteiger partial charge in [0, 0.05) is 23.8 Å². The van der Waals surface area contributed by atoms with E-state index in [0.717, 1.165) is 16.7 Å². The molecule has 0 radical (unpaired) electrons. The zero-order valence-electron chi connectivity index (χ0n) is 14.5. The van der Waals surface area contributed by atoms with Crippen LogP contribution in [0, 0.1) is 0 Å². The zero-order valence-corrected chi connectivity index (χ0v) is 16.1. The van der Waals surface area contributed by atoms with Crippen molar-refractivity contribution in [2.45, 2.75) is 26.3 Å². The van der Waals surface area contributed by atoms with Gasteiger partial charge in [-0.2, -0.15) is 4.31 Å². The third-order valence-corrected chi connectivity index (χ3v) is 6.58. The van der Waals surface area contributed by atoms with Crippen molar-refractivity contribution in [1.29, 1.82) is 0 Å². The molecule has 0 spiro atoms. The van der Waals surface area contributed by atoms with Crippen molar-refractivity contribution in [2.75, 3.05) is 17.6 Å². The van der Waals surface area contributed by atoms with Gasteiger partial charge in [-0.3, -0.25) is 4.79 Å². The Labute approximate surface area is 159 Å². The highest BCUT2D eigenvalue weighted by molar-refractivity contribution is 7.89. The zero-order chi connectivity index (χ0) is 18.7. The van der Waals surface area contributed by atoms with Gasteiger partial charge in [-0.15, -0.1) is 0 Å². The van der Waals surface area contributed by atoms with Gasteiger partial charge in [0.25, 0.3) is 0 Å².